The zero-order valence-electron chi connectivity index (χ0n) is 10.7. The molecule has 0 heterocycles. The molecule has 0 spiro atoms. The smallest absolute Gasteiger partial charge is 0.379 e. The average molecular weight is 306 g/mol. The van der Waals surface area contributed by atoms with Crippen LogP contribution in [-0.4, -0.2) is 33.6 Å². The zero-order chi connectivity index (χ0) is 16.4. The van der Waals surface area contributed by atoms with Crippen molar-refractivity contribution in [3.8, 4) is 11.5 Å². The molecule has 0 radical (unpaired) electrons. The Morgan fingerprint density at radius 3 is 2.57 bits per heavy atom. The number of halogens is 2. The Kier molecular flexibility index (Phi) is 4.63. The topological polar surface area (TPSA) is 136 Å². The quantitative estimate of drug-likeness (QED) is 0.322. The molecule has 116 valence electrons. The van der Waals surface area contributed by atoms with Crippen molar-refractivity contribution in [3.63, 3.8) is 0 Å². The first-order chi connectivity index (χ1) is 9.62. The SMILES string of the molecule is CCOC(=O)C(F)(F)[C@H](N)c1cc(O)c(O)c([N+](=O)[O-])c1. The number of esters is 1. The van der Waals surface area contributed by atoms with E-state index in [2.05, 4.69) is 4.74 Å². The van der Waals surface area contributed by atoms with E-state index in [1.807, 2.05) is 0 Å². The Bertz CT molecular complexity index is 578. The van der Waals surface area contributed by atoms with Gasteiger partial charge in [0.2, 0.25) is 5.75 Å². The Balaban J connectivity index is 3.27. The van der Waals surface area contributed by atoms with E-state index in [1.165, 1.54) is 6.92 Å². The third kappa shape index (κ3) is 3.16. The number of nitro benzene ring substituents is 1. The van der Waals surface area contributed by atoms with Crippen LogP contribution in [0.5, 0.6) is 11.5 Å². The molecule has 0 saturated heterocycles. The van der Waals surface area contributed by atoms with Gasteiger partial charge in [-0.25, -0.2) is 4.79 Å². The Hall–Kier alpha value is -2.49. The predicted molar refractivity (Wildman–Crippen MR) is 64.9 cm³/mol. The number of phenols is 2. The fourth-order valence-corrected chi connectivity index (χ4v) is 1.51. The summed E-state index contributed by atoms with van der Waals surface area (Å²) in [4.78, 5) is 20.7. The number of phenolic OH excluding ortho intramolecular Hbond substituents is 2. The second-order valence-electron chi connectivity index (χ2n) is 3.99. The molecule has 0 unspecified atom stereocenters. The van der Waals surface area contributed by atoms with Gasteiger partial charge in [-0.3, -0.25) is 10.1 Å². The van der Waals surface area contributed by atoms with E-state index in [4.69, 9.17) is 5.73 Å². The standard InChI is InChI=1S/C11H12F2N2O6/c1-2-21-10(18)11(12,13)9(14)5-3-6(15(19)20)8(17)7(16)4-5/h3-4,9,16-17H,2,14H2,1H3/t9-/m1/s1. The van der Waals surface area contributed by atoms with Gasteiger partial charge in [-0.2, -0.15) is 8.78 Å². The highest BCUT2D eigenvalue weighted by atomic mass is 19.3. The van der Waals surface area contributed by atoms with Crippen LogP contribution >= 0.6 is 0 Å². The molecule has 1 rings (SSSR count). The highest BCUT2D eigenvalue weighted by Crippen LogP contribution is 2.40. The van der Waals surface area contributed by atoms with E-state index in [9.17, 15) is 33.9 Å². The number of nitrogens with zero attached hydrogens (tertiary/aromatic N) is 1. The number of carbonyl (C=O) groups excluding carboxylic acids is 1. The molecule has 10 heteroatoms. The monoisotopic (exact) mass is 306 g/mol. The van der Waals surface area contributed by atoms with Gasteiger partial charge < -0.3 is 20.7 Å². The minimum atomic E-state index is -4.16. The number of hydrogen-bond acceptors (Lipinski definition) is 7. The number of ether oxygens (including phenoxy) is 1. The number of nitro groups is 1. The number of hydrogen-bond donors (Lipinski definition) is 3. The molecule has 0 aliphatic carbocycles. The van der Waals surface area contributed by atoms with Gasteiger partial charge in [-0.1, -0.05) is 0 Å². The zero-order valence-corrected chi connectivity index (χ0v) is 10.7. The number of nitrogens with two attached hydrogens (primary N) is 1. The van der Waals surface area contributed by atoms with Crippen LogP contribution in [0.2, 0.25) is 0 Å². The van der Waals surface area contributed by atoms with Crippen molar-refractivity contribution in [1.82, 2.24) is 0 Å². The van der Waals surface area contributed by atoms with Gasteiger partial charge in [-0.05, 0) is 18.6 Å². The molecule has 0 aliphatic rings. The van der Waals surface area contributed by atoms with Gasteiger partial charge in [0, 0.05) is 6.07 Å². The summed E-state index contributed by atoms with van der Waals surface area (Å²) in [6, 6.07) is -1.13. The normalized spacial score (nSPS) is 12.8. The van der Waals surface area contributed by atoms with E-state index in [0.717, 1.165) is 0 Å². The highest BCUT2D eigenvalue weighted by molar-refractivity contribution is 5.79. The number of rotatable bonds is 5. The Morgan fingerprint density at radius 2 is 2.10 bits per heavy atom. The Labute approximate surface area is 116 Å². The van der Waals surface area contributed by atoms with Gasteiger partial charge in [0.25, 0.3) is 0 Å². The van der Waals surface area contributed by atoms with Gasteiger partial charge in [0.15, 0.2) is 5.75 Å². The molecule has 0 aromatic heterocycles. The molecule has 0 fully saturated rings. The molecular weight excluding hydrogens is 294 g/mol. The predicted octanol–water partition coefficient (Wildman–Crippen LogP) is 1.20. The Morgan fingerprint density at radius 1 is 1.52 bits per heavy atom. The van der Waals surface area contributed by atoms with Crippen molar-refractivity contribution >= 4 is 11.7 Å². The van der Waals surface area contributed by atoms with Crippen LogP contribution in [0.4, 0.5) is 14.5 Å². The first-order valence-corrected chi connectivity index (χ1v) is 5.63. The van der Waals surface area contributed by atoms with Crippen molar-refractivity contribution in [1.29, 1.82) is 0 Å². The summed E-state index contributed by atoms with van der Waals surface area (Å²) in [5, 5.41) is 29.2. The molecular formula is C11H12F2N2O6. The lowest BCUT2D eigenvalue weighted by Crippen LogP contribution is -2.41. The van der Waals surface area contributed by atoms with Crippen molar-refractivity contribution in [2.45, 2.75) is 18.9 Å². The maximum atomic E-state index is 13.7. The van der Waals surface area contributed by atoms with E-state index in [-0.39, 0.29) is 6.61 Å². The van der Waals surface area contributed by atoms with Crippen LogP contribution in [0.15, 0.2) is 12.1 Å². The van der Waals surface area contributed by atoms with Crippen LogP contribution in [0, 0.1) is 10.1 Å². The molecule has 1 atom stereocenters. The van der Waals surface area contributed by atoms with Crippen molar-refractivity contribution in [2.75, 3.05) is 6.61 Å². The third-order valence-electron chi connectivity index (χ3n) is 2.59. The summed E-state index contributed by atoms with van der Waals surface area (Å²) >= 11 is 0. The summed E-state index contributed by atoms with van der Waals surface area (Å²) in [7, 11) is 0. The van der Waals surface area contributed by atoms with Gasteiger partial charge in [0.05, 0.1) is 11.5 Å². The van der Waals surface area contributed by atoms with E-state index in [0.29, 0.717) is 12.1 Å². The molecule has 0 amide bonds. The van der Waals surface area contributed by atoms with Crippen LogP contribution in [0.3, 0.4) is 0 Å². The molecule has 0 bridgehead atoms. The lowest BCUT2D eigenvalue weighted by molar-refractivity contribution is -0.386. The summed E-state index contributed by atoms with van der Waals surface area (Å²) < 4.78 is 31.6. The molecule has 21 heavy (non-hydrogen) atoms. The van der Waals surface area contributed by atoms with Crippen molar-refractivity contribution in [3.05, 3.63) is 27.8 Å². The molecule has 1 aromatic carbocycles. The van der Waals surface area contributed by atoms with E-state index in [1.54, 1.807) is 0 Å². The van der Waals surface area contributed by atoms with Crippen LogP contribution < -0.4 is 5.73 Å². The second-order valence-corrected chi connectivity index (χ2v) is 3.99. The molecule has 1 aromatic rings. The lowest BCUT2D eigenvalue weighted by Gasteiger charge is -2.22. The summed E-state index contributed by atoms with van der Waals surface area (Å²) in [5.74, 6) is -8.15. The number of benzene rings is 1. The second kappa shape index (κ2) is 5.87. The fourth-order valence-electron chi connectivity index (χ4n) is 1.51. The number of carbonyl (C=O) groups is 1. The summed E-state index contributed by atoms with van der Waals surface area (Å²) in [6.07, 6.45) is 0. The third-order valence-corrected chi connectivity index (χ3v) is 2.59. The maximum absolute atomic E-state index is 13.7. The minimum Gasteiger partial charge on any atom is -0.504 e. The lowest BCUT2D eigenvalue weighted by atomic mass is 10.00. The van der Waals surface area contributed by atoms with Crippen molar-refractivity contribution in [2.24, 2.45) is 5.73 Å². The minimum absolute atomic E-state index is 0.303. The highest BCUT2D eigenvalue weighted by Gasteiger charge is 2.48. The van der Waals surface area contributed by atoms with Crippen LogP contribution in [0.1, 0.15) is 18.5 Å². The van der Waals surface area contributed by atoms with Crippen LogP contribution in [-0.2, 0) is 9.53 Å². The summed E-state index contributed by atoms with van der Waals surface area (Å²) in [5.41, 5.74) is 3.61. The van der Waals surface area contributed by atoms with Crippen LogP contribution in [0.25, 0.3) is 0 Å². The number of alkyl halides is 2. The van der Waals surface area contributed by atoms with Gasteiger partial charge in [0.1, 0.15) is 6.04 Å². The molecule has 0 aliphatic heterocycles. The van der Waals surface area contributed by atoms with Crippen molar-refractivity contribution < 1.29 is 33.4 Å². The number of aromatic hydroxyl groups is 2. The maximum Gasteiger partial charge on any atom is 0.379 e. The summed E-state index contributed by atoms with van der Waals surface area (Å²) in [6.45, 7) is 1.01. The van der Waals surface area contributed by atoms with E-state index < -0.39 is 45.6 Å². The average Bonchev–Trinajstić information content (AvgIpc) is 2.40. The van der Waals surface area contributed by atoms with E-state index >= 15 is 0 Å². The van der Waals surface area contributed by atoms with Gasteiger partial charge in [-0.15, -0.1) is 0 Å². The molecule has 4 N–H and O–H groups in total. The molecule has 0 saturated carbocycles. The van der Waals surface area contributed by atoms with Gasteiger partial charge >= 0.3 is 17.6 Å². The molecule has 8 nitrogen and oxygen atoms in total. The first-order valence-electron chi connectivity index (χ1n) is 5.63. The first kappa shape index (κ1) is 16.6. The fraction of sp³-hybridized carbons (Fsp3) is 0.364. The largest absolute Gasteiger partial charge is 0.504 e.